The Bertz CT molecular complexity index is 709. The van der Waals surface area contributed by atoms with Crippen molar-refractivity contribution in [3.63, 3.8) is 0 Å². The third kappa shape index (κ3) is 5.91. The summed E-state index contributed by atoms with van der Waals surface area (Å²) in [7, 11) is 0. The number of para-hydroxylation sites is 1. The molecule has 9 heteroatoms. The fraction of sp³-hybridized carbons (Fsp3) is 0.526. The quantitative estimate of drug-likeness (QED) is 0.400. The third-order valence-electron chi connectivity index (χ3n) is 4.82. The zero-order chi connectivity index (χ0) is 20.7. The summed E-state index contributed by atoms with van der Waals surface area (Å²) in [5.41, 5.74) is 1.53. The van der Waals surface area contributed by atoms with Crippen LogP contribution in [0.5, 0.6) is 0 Å². The molecule has 28 heavy (non-hydrogen) atoms. The van der Waals surface area contributed by atoms with E-state index in [1.807, 2.05) is 0 Å². The van der Waals surface area contributed by atoms with Crippen molar-refractivity contribution in [1.82, 2.24) is 15.7 Å². The average Bonchev–Trinajstić information content (AvgIpc) is 2.62. The van der Waals surface area contributed by atoms with Crippen molar-refractivity contribution in [2.45, 2.75) is 39.2 Å². The maximum atomic E-state index is 13.7. The van der Waals surface area contributed by atoms with E-state index in [-0.39, 0.29) is 18.2 Å². The van der Waals surface area contributed by atoms with Gasteiger partial charge in [-0.1, -0.05) is 32.4 Å². The number of carbonyl (C=O) groups is 3. The number of rotatable bonds is 8. The number of hydrogen-bond donors (Lipinski definition) is 4. The topological polar surface area (TPSA) is 111 Å². The first-order valence-corrected chi connectivity index (χ1v) is 9.35. The van der Waals surface area contributed by atoms with E-state index in [1.54, 1.807) is 19.9 Å². The van der Waals surface area contributed by atoms with Crippen molar-refractivity contribution in [2.24, 2.45) is 11.8 Å². The minimum absolute atomic E-state index is 0.000868. The molecule has 1 unspecified atom stereocenters. The fourth-order valence-corrected chi connectivity index (χ4v) is 3.00. The van der Waals surface area contributed by atoms with Gasteiger partial charge in [0.2, 0.25) is 5.91 Å². The van der Waals surface area contributed by atoms with E-state index in [2.05, 4.69) is 10.6 Å². The number of nitrogens with zero attached hydrogens (tertiary/aromatic N) is 1. The number of benzene rings is 1. The first-order valence-electron chi connectivity index (χ1n) is 9.35. The van der Waals surface area contributed by atoms with E-state index in [0.29, 0.717) is 12.5 Å². The van der Waals surface area contributed by atoms with Crippen molar-refractivity contribution in [1.29, 1.82) is 0 Å². The van der Waals surface area contributed by atoms with Crippen molar-refractivity contribution >= 4 is 23.5 Å². The number of carbonyl (C=O) groups excluding carboxylic acids is 3. The molecule has 154 valence electrons. The lowest BCUT2D eigenvalue weighted by molar-refractivity contribution is -0.142. The maximum Gasteiger partial charge on any atom is 0.319 e. The van der Waals surface area contributed by atoms with Crippen LogP contribution >= 0.6 is 0 Å². The smallest absolute Gasteiger partial charge is 0.319 e. The second-order valence-electron chi connectivity index (χ2n) is 7.35. The standard InChI is InChI=1S/C19H27FN4O4/c1-12(2)17(22-19(27)21-15-9-4-3-8-14(15)20)18(26)24(11-16(25)23-28)10-13-6-5-7-13/h3-4,8-9,12-13,17,28H,5-7,10-11H2,1-2H3,(H,23,25)(H2,21,22,27). The molecule has 0 heterocycles. The molecule has 0 spiro atoms. The first-order chi connectivity index (χ1) is 13.3. The Labute approximate surface area is 163 Å². The Morgan fingerprint density at radius 2 is 1.93 bits per heavy atom. The number of hydroxylamine groups is 1. The summed E-state index contributed by atoms with van der Waals surface area (Å²) in [6.45, 7) is 3.61. The van der Waals surface area contributed by atoms with Gasteiger partial charge in [-0.2, -0.15) is 0 Å². The van der Waals surface area contributed by atoms with Gasteiger partial charge in [0, 0.05) is 6.54 Å². The van der Waals surface area contributed by atoms with Crippen LogP contribution in [0.1, 0.15) is 33.1 Å². The van der Waals surface area contributed by atoms with E-state index in [1.165, 1.54) is 28.6 Å². The Hall–Kier alpha value is -2.68. The van der Waals surface area contributed by atoms with Gasteiger partial charge in [0.05, 0.1) is 5.69 Å². The van der Waals surface area contributed by atoms with Crippen LogP contribution < -0.4 is 16.1 Å². The summed E-state index contributed by atoms with van der Waals surface area (Å²) in [5.74, 6) is -1.67. The maximum absolute atomic E-state index is 13.7. The van der Waals surface area contributed by atoms with E-state index >= 15 is 0 Å². The molecule has 1 fully saturated rings. The Kier molecular flexibility index (Phi) is 7.74. The van der Waals surface area contributed by atoms with E-state index in [4.69, 9.17) is 5.21 Å². The predicted octanol–water partition coefficient (Wildman–Crippen LogP) is 2.11. The number of urea groups is 1. The molecule has 1 saturated carbocycles. The number of halogens is 1. The highest BCUT2D eigenvalue weighted by atomic mass is 19.1. The van der Waals surface area contributed by atoms with Crippen molar-refractivity contribution < 1.29 is 24.0 Å². The third-order valence-corrected chi connectivity index (χ3v) is 4.82. The molecule has 8 nitrogen and oxygen atoms in total. The lowest BCUT2D eigenvalue weighted by atomic mass is 9.85. The molecule has 0 bridgehead atoms. The van der Waals surface area contributed by atoms with Crippen LogP contribution in [0.15, 0.2) is 24.3 Å². The summed E-state index contributed by atoms with van der Waals surface area (Å²) in [4.78, 5) is 38.3. The van der Waals surface area contributed by atoms with Gasteiger partial charge < -0.3 is 15.5 Å². The van der Waals surface area contributed by atoms with Gasteiger partial charge in [-0.15, -0.1) is 0 Å². The van der Waals surface area contributed by atoms with Crippen LogP contribution in [0.2, 0.25) is 0 Å². The van der Waals surface area contributed by atoms with Gasteiger partial charge in [-0.3, -0.25) is 14.8 Å². The highest BCUT2D eigenvalue weighted by Crippen LogP contribution is 2.27. The van der Waals surface area contributed by atoms with Gasteiger partial charge in [0.25, 0.3) is 5.91 Å². The van der Waals surface area contributed by atoms with Gasteiger partial charge in [0.15, 0.2) is 0 Å². The zero-order valence-corrected chi connectivity index (χ0v) is 16.1. The normalized spacial score (nSPS) is 14.8. The number of hydrogen-bond acceptors (Lipinski definition) is 4. The monoisotopic (exact) mass is 394 g/mol. The summed E-state index contributed by atoms with van der Waals surface area (Å²) >= 11 is 0. The number of amides is 4. The average molecular weight is 394 g/mol. The van der Waals surface area contributed by atoms with Crippen LogP contribution in [0.4, 0.5) is 14.9 Å². The lowest BCUT2D eigenvalue weighted by Gasteiger charge is -2.34. The Balaban J connectivity index is 2.07. The van der Waals surface area contributed by atoms with Crippen molar-refractivity contribution in [3.8, 4) is 0 Å². The van der Waals surface area contributed by atoms with Gasteiger partial charge in [-0.05, 0) is 36.8 Å². The number of anilines is 1. The molecule has 0 aliphatic heterocycles. The fourth-order valence-electron chi connectivity index (χ4n) is 3.00. The molecule has 1 aromatic carbocycles. The van der Waals surface area contributed by atoms with Gasteiger partial charge >= 0.3 is 6.03 Å². The summed E-state index contributed by atoms with van der Waals surface area (Å²) in [6, 6.07) is 4.09. The highest BCUT2D eigenvalue weighted by molar-refractivity contribution is 5.94. The molecule has 1 aliphatic rings. The lowest BCUT2D eigenvalue weighted by Crippen LogP contribution is -2.55. The molecule has 0 aromatic heterocycles. The van der Waals surface area contributed by atoms with Crippen LogP contribution in [-0.4, -0.2) is 47.1 Å². The SMILES string of the molecule is CC(C)C(NC(=O)Nc1ccccc1F)C(=O)N(CC(=O)NO)CC1CCC1. The zero-order valence-electron chi connectivity index (χ0n) is 16.1. The Morgan fingerprint density at radius 3 is 2.46 bits per heavy atom. The molecule has 0 radical (unpaired) electrons. The number of nitrogens with one attached hydrogen (secondary N) is 3. The van der Waals surface area contributed by atoms with Crippen molar-refractivity contribution in [3.05, 3.63) is 30.1 Å². The molecule has 4 N–H and O–H groups in total. The first kappa shape index (κ1) is 21.6. The molecule has 1 aliphatic carbocycles. The van der Waals surface area contributed by atoms with Gasteiger partial charge in [0.1, 0.15) is 18.4 Å². The van der Waals surface area contributed by atoms with Crippen molar-refractivity contribution in [2.75, 3.05) is 18.4 Å². The van der Waals surface area contributed by atoms with E-state index in [0.717, 1.165) is 19.3 Å². The van der Waals surface area contributed by atoms with Gasteiger partial charge in [-0.25, -0.2) is 14.7 Å². The minimum Gasteiger partial charge on any atom is -0.331 e. The largest absolute Gasteiger partial charge is 0.331 e. The highest BCUT2D eigenvalue weighted by Gasteiger charge is 2.32. The summed E-state index contributed by atoms with van der Waals surface area (Å²) in [5, 5.41) is 13.8. The molecule has 1 aromatic rings. The summed E-state index contributed by atoms with van der Waals surface area (Å²) in [6.07, 6.45) is 3.02. The van der Waals surface area contributed by atoms with Crippen LogP contribution in [0.3, 0.4) is 0 Å². The summed E-state index contributed by atoms with van der Waals surface area (Å²) < 4.78 is 13.7. The molecule has 1 atom stereocenters. The van der Waals surface area contributed by atoms with E-state index < -0.39 is 29.7 Å². The second kappa shape index (κ2) is 10.0. The molecular formula is C19H27FN4O4. The molecular weight excluding hydrogens is 367 g/mol. The molecule has 2 rings (SSSR count). The molecule has 4 amide bonds. The second-order valence-corrected chi connectivity index (χ2v) is 7.35. The van der Waals surface area contributed by atoms with Crippen LogP contribution in [0, 0.1) is 17.7 Å². The predicted molar refractivity (Wildman–Crippen MR) is 101 cm³/mol. The van der Waals surface area contributed by atoms with Crippen LogP contribution in [-0.2, 0) is 9.59 Å². The minimum atomic E-state index is -0.904. The van der Waals surface area contributed by atoms with Crippen LogP contribution in [0.25, 0.3) is 0 Å². The molecule has 0 saturated heterocycles. The Morgan fingerprint density at radius 1 is 1.25 bits per heavy atom. The van der Waals surface area contributed by atoms with E-state index in [9.17, 15) is 18.8 Å².